The van der Waals surface area contributed by atoms with E-state index in [4.69, 9.17) is 16.3 Å². The SMILES string of the molecule is CCOC(C)C(=O)Nc1cc(Cl)ccc1C(=O)N1CCCCC1. The first kappa shape index (κ1) is 17.8. The lowest BCUT2D eigenvalue weighted by Crippen LogP contribution is -2.36. The summed E-state index contributed by atoms with van der Waals surface area (Å²) in [4.78, 5) is 26.7. The van der Waals surface area contributed by atoms with E-state index in [1.807, 2.05) is 11.8 Å². The van der Waals surface area contributed by atoms with E-state index in [1.165, 1.54) is 0 Å². The van der Waals surface area contributed by atoms with Gasteiger partial charge in [-0.05, 0) is 51.3 Å². The summed E-state index contributed by atoms with van der Waals surface area (Å²) in [6.07, 6.45) is 2.60. The van der Waals surface area contributed by atoms with E-state index in [0.717, 1.165) is 32.4 Å². The predicted octanol–water partition coefficient (Wildman–Crippen LogP) is 3.33. The molecule has 1 aromatic carbocycles. The van der Waals surface area contributed by atoms with Gasteiger partial charge in [0.15, 0.2) is 0 Å². The quantitative estimate of drug-likeness (QED) is 0.895. The van der Waals surface area contributed by atoms with Crippen LogP contribution in [-0.2, 0) is 9.53 Å². The average molecular weight is 339 g/mol. The fourth-order valence-electron chi connectivity index (χ4n) is 2.63. The standard InChI is InChI=1S/C17H23ClN2O3/c1-3-23-12(2)16(21)19-15-11-13(18)7-8-14(15)17(22)20-9-5-4-6-10-20/h7-8,11-12H,3-6,9-10H2,1-2H3,(H,19,21). The highest BCUT2D eigenvalue weighted by Crippen LogP contribution is 2.24. The van der Waals surface area contributed by atoms with Gasteiger partial charge in [0.2, 0.25) is 0 Å². The molecule has 1 unspecified atom stereocenters. The number of amides is 2. The van der Waals surface area contributed by atoms with Gasteiger partial charge in [-0.2, -0.15) is 0 Å². The smallest absolute Gasteiger partial charge is 0.255 e. The number of piperidine rings is 1. The van der Waals surface area contributed by atoms with Crippen LogP contribution < -0.4 is 5.32 Å². The van der Waals surface area contributed by atoms with Gasteiger partial charge in [-0.15, -0.1) is 0 Å². The predicted molar refractivity (Wildman–Crippen MR) is 90.9 cm³/mol. The highest BCUT2D eigenvalue weighted by Gasteiger charge is 2.23. The summed E-state index contributed by atoms with van der Waals surface area (Å²) in [5, 5.41) is 3.23. The summed E-state index contributed by atoms with van der Waals surface area (Å²) in [7, 11) is 0. The van der Waals surface area contributed by atoms with Gasteiger partial charge >= 0.3 is 0 Å². The van der Waals surface area contributed by atoms with Crippen molar-refractivity contribution >= 4 is 29.1 Å². The molecule has 0 saturated carbocycles. The number of benzene rings is 1. The van der Waals surface area contributed by atoms with E-state index in [-0.39, 0.29) is 11.8 Å². The van der Waals surface area contributed by atoms with Gasteiger partial charge in [0.05, 0.1) is 11.3 Å². The van der Waals surface area contributed by atoms with Crippen molar-refractivity contribution in [3.05, 3.63) is 28.8 Å². The van der Waals surface area contributed by atoms with Crippen LogP contribution in [0, 0.1) is 0 Å². The second kappa shape index (κ2) is 8.31. The normalized spacial score (nSPS) is 16.0. The molecule has 0 aliphatic carbocycles. The number of ether oxygens (including phenoxy) is 1. The Morgan fingerprint density at radius 3 is 2.65 bits per heavy atom. The topological polar surface area (TPSA) is 58.6 Å². The molecule has 0 spiro atoms. The number of nitrogens with one attached hydrogen (secondary N) is 1. The molecule has 1 fully saturated rings. The third-order valence-electron chi connectivity index (χ3n) is 3.90. The first-order chi connectivity index (χ1) is 11.0. The van der Waals surface area contributed by atoms with Crippen molar-refractivity contribution in [1.82, 2.24) is 4.90 Å². The van der Waals surface area contributed by atoms with Crippen molar-refractivity contribution in [1.29, 1.82) is 0 Å². The van der Waals surface area contributed by atoms with Crippen molar-refractivity contribution in [2.24, 2.45) is 0 Å². The second-order valence-electron chi connectivity index (χ2n) is 5.63. The Balaban J connectivity index is 2.19. The molecule has 1 saturated heterocycles. The monoisotopic (exact) mass is 338 g/mol. The number of carbonyl (C=O) groups excluding carboxylic acids is 2. The van der Waals surface area contributed by atoms with Crippen LogP contribution >= 0.6 is 11.6 Å². The molecule has 23 heavy (non-hydrogen) atoms. The lowest BCUT2D eigenvalue weighted by Gasteiger charge is -2.27. The number of hydrogen-bond acceptors (Lipinski definition) is 3. The molecule has 0 radical (unpaired) electrons. The Morgan fingerprint density at radius 2 is 2.00 bits per heavy atom. The molecule has 6 heteroatoms. The number of hydrogen-bond donors (Lipinski definition) is 1. The van der Waals surface area contributed by atoms with Crippen LogP contribution in [0.5, 0.6) is 0 Å². The van der Waals surface area contributed by atoms with E-state index in [9.17, 15) is 9.59 Å². The molecule has 0 bridgehead atoms. The van der Waals surface area contributed by atoms with Crippen molar-refractivity contribution in [3.63, 3.8) is 0 Å². The molecule has 0 aromatic heterocycles. The van der Waals surface area contributed by atoms with Crippen LogP contribution in [0.25, 0.3) is 0 Å². The van der Waals surface area contributed by atoms with Crippen molar-refractivity contribution in [2.45, 2.75) is 39.2 Å². The van der Waals surface area contributed by atoms with Crippen LogP contribution in [0.3, 0.4) is 0 Å². The molecule has 2 rings (SSSR count). The minimum atomic E-state index is -0.586. The van der Waals surface area contributed by atoms with Crippen molar-refractivity contribution < 1.29 is 14.3 Å². The fraction of sp³-hybridized carbons (Fsp3) is 0.529. The molecule has 1 heterocycles. The Labute approximate surface area is 141 Å². The summed E-state index contributed by atoms with van der Waals surface area (Å²) in [5.74, 6) is -0.359. The number of rotatable bonds is 5. The van der Waals surface area contributed by atoms with Crippen LogP contribution in [-0.4, -0.2) is 42.5 Å². The van der Waals surface area contributed by atoms with Crippen LogP contribution in [0.4, 0.5) is 5.69 Å². The molecule has 1 aliphatic rings. The maximum Gasteiger partial charge on any atom is 0.255 e. The van der Waals surface area contributed by atoms with Gasteiger partial charge in [0, 0.05) is 24.7 Å². The highest BCUT2D eigenvalue weighted by atomic mass is 35.5. The van der Waals surface area contributed by atoms with Crippen molar-refractivity contribution in [3.8, 4) is 0 Å². The van der Waals surface area contributed by atoms with Gasteiger partial charge in [0.1, 0.15) is 6.10 Å². The first-order valence-electron chi connectivity index (χ1n) is 8.04. The minimum absolute atomic E-state index is 0.0688. The summed E-state index contributed by atoms with van der Waals surface area (Å²) in [6, 6.07) is 4.94. The summed E-state index contributed by atoms with van der Waals surface area (Å²) < 4.78 is 5.28. The number of anilines is 1. The molecule has 1 atom stereocenters. The van der Waals surface area contributed by atoms with Crippen LogP contribution in [0.1, 0.15) is 43.5 Å². The Bertz CT molecular complexity index is 571. The minimum Gasteiger partial charge on any atom is -0.369 e. The van der Waals surface area contributed by atoms with Gasteiger partial charge in [0.25, 0.3) is 11.8 Å². The largest absolute Gasteiger partial charge is 0.369 e. The second-order valence-corrected chi connectivity index (χ2v) is 6.07. The maximum atomic E-state index is 12.7. The first-order valence-corrected chi connectivity index (χ1v) is 8.42. The highest BCUT2D eigenvalue weighted by molar-refractivity contribution is 6.31. The molecule has 1 aromatic rings. The van der Waals surface area contributed by atoms with E-state index in [0.29, 0.717) is 22.9 Å². The third-order valence-corrected chi connectivity index (χ3v) is 4.13. The van der Waals surface area contributed by atoms with E-state index < -0.39 is 6.10 Å². The van der Waals surface area contributed by atoms with Crippen LogP contribution in [0.15, 0.2) is 18.2 Å². The zero-order valence-corrected chi connectivity index (χ0v) is 14.4. The van der Waals surface area contributed by atoms with E-state index in [1.54, 1.807) is 25.1 Å². The maximum absolute atomic E-state index is 12.7. The lowest BCUT2D eigenvalue weighted by molar-refractivity contribution is -0.126. The average Bonchev–Trinajstić information content (AvgIpc) is 2.55. The number of carbonyl (C=O) groups is 2. The fourth-order valence-corrected chi connectivity index (χ4v) is 2.81. The van der Waals surface area contributed by atoms with E-state index in [2.05, 4.69) is 5.32 Å². The summed E-state index contributed by atoms with van der Waals surface area (Å²) in [6.45, 7) is 5.46. The van der Waals surface area contributed by atoms with Gasteiger partial charge in [-0.25, -0.2) is 0 Å². The number of halogens is 1. The van der Waals surface area contributed by atoms with Crippen molar-refractivity contribution in [2.75, 3.05) is 25.0 Å². The number of likely N-dealkylation sites (tertiary alicyclic amines) is 1. The molecule has 1 aliphatic heterocycles. The summed E-state index contributed by atoms with van der Waals surface area (Å²) in [5.41, 5.74) is 0.901. The van der Waals surface area contributed by atoms with E-state index >= 15 is 0 Å². The third kappa shape index (κ3) is 4.69. The molecular weight excluding hydrogens is 316 g/mol. The van der Waals surface area contributed by atoms with Crippen LogP contribution in [0.2, 0.25) is 5.02 Å². The summed E-state index contributed by atoms with van der Waals surface area (Å²) >= 11 is 6.02. The zero-order valence-electron chi connectivity index (χ0n) is 13.6. The van der Waals surface area contributed by atoms with Gasteiger partial charge in [-0.1, -0.05) is 11.6 Å². The Kier molecular flexibility index (Phi) is 6.42. The molecule has 126 valence electrons. The molecule has 5 nitrogen and oxygen atoms in total. The molecule has 1 N–H and O–H groups in total. The van der Waals surface area contributed by atoms with Gasteiger partial charge < -0.3 is 15.0 Å². The molecular formula is C17H23ClN2O3. The zero-order chi connectivity index (χ0) is 16.8. The Hall–Kier alpha value is -1.59. The molecule has 2 amide bonds. The lowest BCUT2D eigenvalue weighted by atomic mass is 10.1. The van der Waals surface area contributed by atoms with Gasteiger partial charge in [-0.3, -0.25) is 9.59 Å². The number of nitrogens with zero attached hydrogens (tertiary/aromatic N) is 1. The Morgan fingerprint density at radius 1 is 1.30 bits per heavy atom.